The molecule has 1 aromatic heterocycles. The molecular formula is C16H25N5O2. The summed E-state index contributed by atoms with van der Waals surface area (Å²) in [5.41, 5.74) is -0.451. The first-order valence-corrected chi connectivity index (χ1v) is 8.23. The fraction of sp³-hybridized carbons (Fsp3) is 0.750. The van der Waals surface area contributed by atoms with Gasteiger partial charge < -0.3 is 14.5 Å². The van der Waals surface area contributed by atoms with E-state index in [0.29, 0.717) is 12.0 Å². The summed E-state index contributed by atoms with van der Waals surface area (Å²) in [7, 11) is 2.00. The molecule has 7 heteroatoms. The van der Waals surface area contributed by atoms with Crippen LogP contribution in [-0.4, -0.2) is 56.9 Å². The van der Waals surface area contributed by atoms with E-state index < -0.39 is 5.60 Å². The topological polar surface area (TPSA) is 71.5 Å². The fourth-order valence-corrected chi connectivity index (χ4v) is 3.64. The van der Waals surface area contributed by atoms with Crippen LogP contribution in [0.15, 0.2) is 12.4 Å². The van der Waals surface area contributed by atoms with E-state index in [2.05, 4.69) is 20.1 Å². The van der Waals surface area contributed by atoms with Gasteiger partial charge in [-0.1, -0.05) is 0 Å². The predicted octanol–water partition coefficient (Wildman–Crippen LogP) is 2.24. The molecule has 0 spiro atoms. The Balaban J connectivity index is 1.68. The first-order chi connectivity index (χ1) is 10.8. The first-order valence-electron chi connectivity index (χ1n) is 8.23. The van der Waals surface area contributed by atoms with Crippen molar-refractivity contribution in [1.82, 2.24) is 20.1 Å². The Morgan fingerprint density at radius 2 is 1.91 bits per heavy atom. The van der Waals surface area contributed by atoms with E-state index in [0.717, 1.165) is 25.7 Å². The number of ether oxygens (including phenoxy) is 1. The molecule has 2 aliphatic heterocycles. The van der Waals surface area contributed by atoms with E-state index in [1.165, 1.54) is 0 Å². The van der Waals surface area contributed by atoms with Crippen molar-refractivity contribution < 1.29 is 9.53 Å². The lowest BCUT2D eigenvalue weighted by Gasteiger charge is -2.42. The average Bonchev–Trinajstić information content (AvgIpc) is 2.76. The number of carbonyl (C=O) groups excluding carboxylic acids is 1. The van der Waals surface area contributed by atoms with Crippen LogP contribution >= 0.6 is 0 Å². The number of carbonyl (C=O) groups is 1. The lowest BCUT2D eigenvalue weighted by Crippen LogP contribution is -2.53. The molecule has 7 nitrogen and oxygen atoms in total. The molecule has 126 valence electrons. The molecule has 0 saturated carbocycles. The van der Waals surface area contributed by atoms with Gasteiger partial charge in [0.05, 0.1) is 12.4 Å². The number of amides is 1. The summed E-state index contributed by atoms with van der Waals surface area (Å²) in [4.78, 5) is 20.8. The summed E-state index contributed by atoms with van der Waals surface area (Å²) in [6, 6.07) is 0.816. The van der Waals surface area contributed by atoms with Crippen molar-refractivity contribution >= 4 is 12.0 Å². The second-order valence-corrected chi connectivity index (χ2v) is 7.45. The van der Waals surface area contributed by atoms with Crippen molar-refractivity contribution in [1.29, 1.82) is 0 Å². The molecule has 1 aromatic rings. The Bertz CT molecular complexity index is 545. The van der Waals surface area contributed by atoms with Crippen LogP contribution in [0.1, 0.15) is 46.5 Å². The minimum Gasteiger partial charge on any atom is -0.444 e. The molecule has 0 aliphatic carbocycles. The number of hydrogen-bond acceptors (Lipinski definition) is 6. The van der Waals surface area contributed by atoms with Gasteiger partial charge in [0.1, 0.15) is 5.60 Å². The Labute approximate surface area is 137 Å². The molecule has 2 saturated heterocycles. The van der Waals surface area contributed by atoms with E-state index in [1.807, 2.05) is 32.7 Å². The highest BCUT2D eigenvalue weighted by atomic mass is 16.6. The van der Waals surface area contributed by atoms with Crippen LogP contribution in [0.2, 0.25) is 0 Å². The Morgan fingerprint density at radius 3 is 2.43 bits per heavy atom. The van der Waals surface area contributed by atoms with Gasteiger partial charge in [-0.05, 0) is 46.5 Å². The maximum atomic E-state index is 12.5. The van der Waals surface area contributed by atoms with Gasteiger partial charge in [-0.3, -0.25) is 0 Å². The zero-order valence-corrected chi connectivity index (χ0v) is 14.3. The van der Waals surface area contributed by atoms with E-state index in [-0.39, 0.29) is 18.2 Å². The van der Waals surface area contributed by atoms with Gasteiger partial charge in [-0.15, -0.1) is 5.10 Å². The third kappa shape index (κ3) is 3.38. The quantitative estimate of drug-likeness (QED) is 0.832. The van der Waals surface area contributed by atoms with Crippen LogP contribution in [0, 0.1) is 0 Å². The predicted molar refractivity (Wildman–Crippen MR) is 86.1 cm³/mol. The van der Waals surface area contributed by atoms with E-state index in [1.54, 1.807) is 12.4 Å². The summed E-state index contributed by atoms with van der Waals surface area (Å²) in [6.45, 7) is 5.73. The van der Waals surface area contributed by atoms with Crippen LogP contribution in [0.5, 0.6) is 0 Å². The minimum atomic E-state index is -0.451. The van der Waals surface area contributed by atoms with Crippen LogP contribution < -0.4 is 4.90 Å². The third-order valence-electron chi connectivity index (χ3n) is 4.65. The zero-order valence-electron chi connectivity index (χ0n) is 14.3. The summed E-state index contributed by atoms with van der Waals surface area (Å²) in [5, 5.41) is 7.99. The summed E-state index contributed by atoms with van der Waals surface area (Å²) in [6.07, 6.45) is 6.98. The molecule has 0 aromatic carbocycles. The average molecular weight is 319 g/mol. The summed E-state index contributed by atoms with van der Waals surface area (Å²) >= 11 is 0. The van der Waals surface area contributed by atoms with E-state index >= 15 is 0 Å². The number of anilines is 1. The number of fused-ring (bicyclic) bond motifs is 2. The van der Waals surface area contributed by atoms with Crippen LogP contribution in [0.4, 0.5) is 10.7 Å². The third-order valence-corrected chi connectivity index (χ3v) is 4.65. The molecule has 2 bridgehead atoms. The number of piperidine rings is 1. The first kappa shape index (κ1) is 16.0. The Hall–Kier alpha value is -1.92. The SMILES string of the molecule is CN(c1nccnn1)C1C[C@H]2CC[C@@H](C1)N2C(=O)OC(C)(C)C. The van der Waals surface area contributed by atoms with Gasteiger partial charge in [0.2, 0.25) is 5.95 Å². The molecule has 2 fully saturated rings. The number of aromatic nitrogens is 3. The van der Waals surface area contributed by atoms with Crippen molar-refractivity contribution in [3.8, 4) is 0 Å². The van der Waals surface area contributed by atoms with Gasteiger partial charge in [0.15, 0.2) is 0 Å². The van der Waals surface area contributed by atoms with Crippen molar-refractivity contribution in [2.75, 3.05) is 11.9 Å². The second kappa shape index (κ2) is 5.94. The summed E-state index contributed by atoms with van der Waals surface area (Å²) in [5.74, 6) is 0.641. The largest absolute Gasteiger partial charge is 0.444 e. The molecule has 0 radical (unpaired) electrons. The van der Waals surface area contributed by atoms with Crippen molar-refractivity contribution in [3.05, 3.63) is 12.4 Å². The molecule has 1 unspecified atom stereocenters. The minimum absolute atomic E-state index is 0.177. The lowest BCUT2D eigenvalue weighted by atomic mass is 9.97. The smallest absolute Gasteiger partial charge is 0.410 e. The lowest BCUT2D eigenvalue weighted by molar-refractivity contribution is 0.00595. The molecule has 3 atom stereocenters. The number of nitrogens with zero attached hydrogens (tertiary/aromatic N) is 5. The normalized spacial score (nSPS) is 27.0. The molecular weight excluding hydrogens is 294 g/mol. The fourth-order valence-electron chi connectivity index (χ4n) is 3.64. The van der Waals surface area contributed by atoms with Gasteiger partial charge in [-0.2, -0.15) is 5.10 Å². The van der Waals surface area contributed by atoms with Gasteiger partial charge in [0, 0.05) is 25.2 Å². The maximum absolute atomic E-state index is 12.5. The highest BCUT2D eigenvalue weighted by molar-refractivity contribution is 5.69. The van der Waals surface area contributed by atoms with Crippen molar-refractivity contribution in [3.63, 3.8) is 0 Å². The van der Waals surface area contributed by atoms with Crippen LogP contribution in [0.25, 0.3) is 0 Å². The number of hydrogen-bond donors (Lipinski definition) is 0. The Kier molecular flexibility index (Phi) is 4.12. The van der Waals surface area contributed by atoms with Gasteiger partial charge in [-0.25, -0.2) is 9.78 Å². The molecule has 3 rings (SSSR count). The second-order valence-electron chi connectivity index (χ2n) is 7.45. The van der Waals surface area contributed by atoms with E-state index in [9.17, 15) is 4.79 Å². The number of rotatable bonds is 2. The zero-order chi connectivity index (χ0) is 16.6. The van der Waals surface area contributed by atoms with Gasteiger partial charge in [0.25, 0.3) is 0 Å². The molecule has 2 aliphatic rings. The highest BCUT2D eigenvalue weighted by Gasteiger charge is 2.46. The summed E-state index contributed by atoms with van der Waals surface area (Å²) < 4.78 is 5.58. The maximum Gasteiger partial charge on any atom is 0.410 e. The highest BCUT2D eigenvalue weighted by Crippen LogP contribution is 2.38. The standard InChI is InChI=1S/C16H25N5O2/c1-16(2,3)23-15(22)21-11-5-6-12(21)10-13(9-11)20(4)14-17-7-8-18-19-14/h7-8,11-13H,5-6,9-10H2,1-4H3/t11-,12+,13?. The molecule has 23 heavy (non-hydrogen) atoms. The van der Waals surface area contributed by atoms with Crippen LogP contribution in [-0.2, 0) is 4.74 Å². The molecule has 3 heterocycles. The van der Waals surface area contributed by atoms with Gasteiger partial charge >= 0.3 is 6.09 Å². The van der Waals surface area contributed by atoms with E-state index in [4.69, 9.17) is 4.74 Å². The molecule has 1 amide bonds. The van der Waals surface area contributed by atoms with Crippen molar-refractivity contribution in [2.24, 2.45) is 0 Å². The Morgan fingerprint density at radius 1 is 1.26 bits per heavy atom. The monoisotopic (exact) mass is 319 g/mol. The van der Waals surface area contributed by atoms with Crippen LogP contribution in [0.3, 0.4) is 0 Å². The van der Waals surface area contributed by atoms with Crippen molar-refractivity contribution in [2.45, 2.75) is 70.2 Å². The molecule has 0 N–H and O–H groups in total.